The summed E-state index contributed by atoms with van der Waals surface area (Å²) >= 11 is 0. The second-order valence-corrected chi connectivity index (χ2v) is 8.56. The Balaban J connectivity index is 0.00000306. The van der Waals surface area contributed by atoms with Gasteiger partial charge in [0, 0.05) is 65.3 Å². The van der Waals surface area contributed by atoms with Crippen molar-refractivity contribution in [2.24, 2.45) is 4.99 Å². The third kappa shape index (κ3) is 7.17. The summed E-state index contributed by atoms with van der Waals surface area (Å²) in [5, 5.41) is 3.47. The number of aliphatic imine (C=N–C) groups is 1. The summed E-state index contributed by atoms with van der Waals surface area (Å²) in [6.07, 6.45) is 7.41. The van der Waals surface area contributed by atoms with Gasteiger partial charge in [-0.3, -0.25) is 14.7 Å². The highest BCUT2D eigenvalue weighted by atomic mass is 127. The van der Waals surface area contributed by atoms with Crippen LogP contribution in [-0.4, -0.2) is 89.0 Å². The van der Waals surface area contributed by atoms with Crippen molar-refractivity contribution in [2.75, 3.05) is 52.9 Å². The van der Waals surface area contributed by atoms with Crippen LogP contribution in [-0.2, 0) is 17.9 Å². The summed E-state index contributed by atoms with van der Waals surface area (Å²) in [6.45, 7) is 7.31. The lowest BCUT2D eigenvalue weighted by molar-refractivity contribution is -0.133. The zero-order valence-electron chi connectivity index (χ0n) is 19.5. The molecule has 0 atom stereocenters. The van der Waals surface area contributed by atoms with E-state index in [1.807, 2.05) is 30.4 Å². The molecule has 2 saturated heterocycles. The van der Waals surface area contributed by atoms with Crippen molar-refractivity contribution >= 4 is 35.8 Å². The number of nitrogens with one attached hydrogen (secondary N) is 1. The largest absolute Gasteiger partial charge is 0.349 e. The Hall–Kier alpha value is -2.14. The van der Waals surface area contributed by atoms with Gasteiger partial charge >= 0.3 is 0 Å². The van der Waals surface area contributed by atoms with Gasteiger partial charge in [-0.25, -0.2) is 4.98 Å². The van der Waals surface area contributed by atoms with Crippen molar-refractivity contribution in [3.8, 4) is 0 Å². The Bertz CT molecular complexity index is 887. The zero-order chi connectivity index (χ0) is 22.2. The minimum absolute atomic E-state index is 0. The number of nitrogens with zero attached hydrogens (tertiary/aromatic N) is 6. The first-order valence-electron chi connectivity index (χ1n) is 11.7. The Kier molecular flexibility index (Phi) is 9.98. The van der Waals surface area contributed by atoms with Crippen LogP contribution in [0.2, 0.25) is 0 Å². The molecule has 8 nitrogen and oxygen atoms in total. The van der Waals surface area contributed by atoms with Crippen molar-refractivity contribution in [1.29, 1.82) is 0 Å². The van der Waals surface area contributed by atoms with Gasteiger partial charge < -0.3 is 19.7 Å². The van der Waals surface area contributed by atoms with E-state index in [9.17, 15) is 4.79 Å². The monoisotopic (exact) mass is 565 g/mol. The van der Waals surface area contributed by atoms with E-state index in [-0.39, 0.29) is 29.9 Å². The summed E-state index contributed by atoms with van der Waals surface area (Å²) in [5.74, 6) is 2.16. The lowest BCUT2D eigenvalue weighted by Gasteiger charge is -2.37. The molecule has 0 unspecified atom stereocenters. The number of piperidine rings is 1. The van der Waals surface area contributed by atoms with Crippen LogP contribution < -0.4 is 5.32 Å². The molecule has 1 aromatic heterocycles. The second kappa shape index (κ2) is 12.9. The van der Waals surface area contributed by atoms with Gasteiger partial charge in [-0.2, -0.15) is 0 Å². The molecule has 33 heavy (non-hydrogen) atoms. The maximum atomic E-state index is 12.6. The molecule has 0 saturated carbocycles. The number of rotatable bonds is 6. The minimum atomic E-state index is 0. The van der Waals surface area contributed by atoms with E-state index in [1.165, 1.54) is 12.0 Å². The Morgan fingerprint density at radius 3 is 2.42 bits per heavy atom. The highest BCUT2D eigenvalue weighted by molar-refractivity contribution is 14.0. The second-order valence-electron chi connectivity index (χ2n) is 8.56. The highest BCUT2D eigenvalue weighted by Crippen LogP contribution is 2.11. The van der Waals surface area contributed by atoms with Crippen molar-refractivity contribution in [3.05, 3.63) is 54.1 Å². The molecule has 1 aromatic carbocycles. The molecule has 1 N–H and O–H groups in total. The number of imidazole rings is 1. The van der Waals surface area contributed by atoms with Crippen LogP contribution in [0.5, 0.6) is 0 Å². The van der Waals surface area contributed by atoms with Gasteiger partial charge in [-0.15, -0.1) is 24.0 Å². The molecule has 180 valence electrons. The molecular formula is C24H36IN7O. The topological polar surface area (TPSA) is 69.0 Å². The number of halogens is 1. The predicted molar refractivity (Wildman–Crippen MR) is 142 cm³/mol. The van der Waals surface area contributed by atoms with Crippen LogP contribution in [0.4, 0.5) is 0 Å². The third-order valence-corrected chi connectivity index (χ3v) is 6.35. The quantitative estimate of drug-likeness (QED) is 0.331. The fourth-order valence-electron chi connectivity index (χ4n) is 4.47. The molecule has 0 radical (unpaired) electrons. The molecular weight excluding hydrogens is 529 g/mol. The third-order valence-electron chi connectivity index (χ3n) is 6.35. The number of carbonyl (C=O) groups is 1. The van der Waals surface area contributed by atoms with Crippen molar-refractivity contribution in [3.63, 3.8) is 0 Å². The summed E-state index contributed by atoms with van der Waals surface area (Å²) in [4.78, 5) is 28.2. The number of likely N-dealkylation sites (tertiary alicyclic amines) is 1. The first-order chi connectivity index (χ1) is 15.7. The van der Waals surface area contributed by atoms with Gasteiger partial charge in [-0.1, -0.05) is 30.3 Å². The van der Waals surface area contributed by atoms with E-state index in [4.69, 9.17) is 0 Å². The van der Waals surface area contributed by atoms with Crippen molar-refractivity contribution in [2.45, 2.75) is 32.4 Å². The number of benzene rings is 1. The first-order valence-corrected chi connectivity index (χ1v) is 11.7. The fraction of sp³-hybridized carbons (Fsp3) is 0.542. The molecule has 3 heterocycles. The summed E-state index contributed by atoms with van der Waals surface area (Å²) in [6, 6.07) is 10.4. The zero-order valence-corrected chi connectivity index (χ0v) is 21.9. The lowest BCUT2D eigenvalue weighted by atomic mass is 10.1. The highest BCUT2D eigenvalue weighted by Gasteiger charge is 2.24. The predicted octanol–water partition coefficient (Wildman–Crippen LogP) is 2.25. The van der Waals surface area contributed by atoms with Crippen LogP contribution in [0.3, 0.4) is 0 Å². The molecule has 0 aliphatic carbocycles. The SMILES string of the molecule is CN=C(NCc1nccn1Cc1ccccc1)N1CCN(CC(=O)N2CCCCC2)CC1.I. The maximum Gasteiger partial charge on any atom is 0.236 e. The minimum Gasteiger partial charge on any atom is -0.349 e. The van der Waals surface area contributed by atoms with E-state index in [1.54, 1.807) is 0 Å². The Morgan fingerprint density at radius 2 is 1.73 bits per heavy atom. The average Bonchev–Trinajstić information content (AvgIpc) is 3.28. The number of carbonyl (C=O) groups excluding carboxylic acids is 1. The normalized spacial score (nSPS) is 17.5. The average molecular weight is 566 g/mol. The van der Waals surface area contributed by atoms with E-state index in [0.29, 0.717) is 13.1 Å². The van der Waals surface area contributed by atoms with Crippen LogP contribution >= 0.6 is 24.0 Å². The number of amides is 1. The first kappa shape index (κ1) is 25.5. The number of hydrogen-bond donors (Lipinski definition) is 1. The maximum absolute atomic E-state index is 12.6. The van der Waals surface area contributed by atoms with E-state index < -0.39 is 0 Å². The van der Waals surface area contributed by atoms with Crippen molar-refractivity contribution < 1.29 is 4.79 Å². The molecule has 0 bridgehead atoms. The van der Waals surface area contributed by atoms with Gasteiger partial charge in [0.25, 0.3) is 0 Å². The number of hydrogen-bond acceptors (Lipinski definition) is 4. The van der Waals surface area contributed by atoms with Crippen molar-refractivity contribution in [1.82, 2.24) is 29.6 Å². The van der Waals surface area contributed by atoms with Gasteiger partial charge in [0.05, 0.1) is 13.1 Å². The van der Waals surface area contributed by atoms with Gasteiger partial charge in [0.2, 0.25) is 5.91 Å². The number of aromatic nitrogens is 2. The molecule has 0 spiro atoms. The lowest BCUT2D eigenvalue weighted by Crippen LogP contribution is -2.54. The molecule has 2 aromatic rings. The van der Waals surface area contributed by atoms with E-state index in [0.717, 1.165) is 70.4 Å². The van der Waals surface area contributed by atoms with Crippen LogP contribution in [0.1, 0.15) is 30.7 Å². The molecule has 9 heteroatoms. The molecule has 1 amide bonds. The molecule has 4 rings (SSSR count). The Labute approximate surface area is 214 Å². The van der Waals surface area contributed by atoms with E-state index >= 15 is 0 Å². The number of guanidine groups is 1. The molecule has 2 aliphatic rings. The molecule has 2 fully saturated rings. The van der Waals surface area contributed by atoms with Crippen LogP contribution in [0.15, 0.2) is 47.7 Å². The van der Waals surface area contributed by atoms with Crippen LogP contribution in [0.25, 0.3) is 0 Å². The van der Waals surface area contributed by atoms with Gasteiger partial charge in [-0.05, 0) is 24.8 Å². The van der Waals surface area contributed by atoms with Gasteiger partial charge in [0.15, 0.2) is 5.96 Å². The van der Waals surface area contributed by atoms with Gasteiger partial charge in [0.1, 0.15) is 5.82 Å². The Morgan fingerprint density at radius 1 is 1.00 bits per heavy atom. The van der Waals surface area contributed by atoms with E-state index in [2.05, 4.69) is 53.9 Å². The summed E-state index contributed by atoms with van der Waals surface area (Å²) in [7, 11) is 1.82. The summed E-state index contributed by atoms with van der Waals surface area (Å²) < 4.78 is 2.17. The summed E-state index contributed by atoms with van der Waals surface area (Å²) in [5.41, 5.74) is 1.26. The molecule has 2 aliphatic heterocycles. The fourth-order valence-corrected chi connectivity index (χ4v) is 4.47. The van der Waals surface area contributed by atoms with Crippen LogP contribution in [0, 0.1) is 0 Å². The smallest absolute Gasteiger partial charge is 0.236 e. The standard InChI is InChI=1S/C24H35N7O.HI/c1-25-24(27-18-22-26-10-13-31(22)19-21-8-4-2-5-9-21)30-16-14-28(15-17-30)20-23(32)29-11-6-3-7-12-29;/h2,4-5,8-10,13H,3,6-7,11-12,14-20H2,1H3,(H,25,27);1H. The number of piperazine rings is 1.